The Morgan fingerprint density at radius 2 is 1.92 bits per heavy atom. The molecule has 1 aliphatic heterocycles. The zero-order valence-corrected chi connectivity index (χ0v) is 22.3. The Balaban J connectivity index is 1.64. The van der Waals surface area contributed by atoms with Crippen LogP contribution in [0.25, 0.3) is 16.0 Å². The minimum absolute atomic E-state index is 0.0388. The van der Waals surface area contributed by atoms with Crippen molar-refractivity contribution in [3.05, 3.63) is 17.1 Å². The number of piperazine rings is 1. The second-order valence-electron chi connectivity index (χ2n) is 9.78. The van der Waals surface area contributed by atoms with Crippen molar-refractivity contribution in [3.8, 4) is 11.0 Å². The molecule has 1 saturated heterocycles. The summed E-state index contributed by atoms with van der Waals surface area (Å²) in [6.45, 7) is 6.65. The lowest BCUT2D eigenvalue weighted by Crippen LogP contribution is -2.48. The van der Waals surface area contributed by atoms with Crippen LogP contribution in [0.2, 0.25) is 0 Å². The Morgan fingerprint density at radius 3 is 2.49 bits per heavy atom. The number of sulfonamides is 1. The second-order valence-corrected chi connectivity index (χ2v) is 12.5. The van der Waals surface area contributed by atoms with Gasteiger partial charge in [-0.1, -0.05) is 11.3 Å². The van der Waals surface area contributed by atoms with Crippen molar-refractivity contribution in [2.75, 3.05) is 44.7 Å². The van der Waals surface area contributed by atoms with Crippen molar-refractivity contribution in [2.24, 2.45) is 0 Å². The van der Waals surface area contributed by atoms with Crippen LogP contribution >= 0.6 is 11.3 Å². The molecule has 37 heavy (non-hydrogen) atoms. The third-order valence-corrected chi connectivity index (χ3v) is 9.14. The molecule has 3 heterocycles. The van der Waals surface area contributed by atoms with Gasteiger partial charge in [-0.3, -0.25) is 4.90 Å². The largest absolute Gasteiger partial charge is 0.479 e. The SMILES string of the molecule is COc1nn(-c2nnc(C(F)F)s2)c2cc(S(=O)(=O)NC3(C)CC3)cc(N3CCN(C[C@H](C)O)CC3)c12. The molecule has 1 atom stereocenters. The smallest absolute Gasteiger partial charge is 0.291 e. The summed E-state index contributed by atoms with van der Waals surface area (Å²) in [5.74, 6) is 0.219. The molecule has 2 aromatic heterocycles. The highest BCUT2D eigenvalue weighted by molar-refractivity contribution is 7.89. The van der Waals surface area contributed by atoms with Crippen LogP contribution in [0.3, 0.4) is 0 Å². The first-order chi connectivity index (χ1) is 17.5. The Morgan fingerprint density at radius 1 is 1.22 bits per heavy atom. The van der Waals surface area contributed by atoms with Gasteiger partial charge in [0.1, 0.15) is 0 Å². The first-order valence-electron chi connectivity index (χ1n) is 11.9. The molecule has 3 aromatic rings. The number of hydrogen-bond acceptors (Lipinski definition) is 10. The molecule has 1 aliphatic carbocycles. The van der Waals surface area contributed by atoms with Crippen LogP contribution in [0.1, 0.15) is 38.1 Å². The molecule has 2 N–H and O–H groups in total. The van der Waals surface area contributed by atoms with Gasteiger partial charge >= 0.3 is 0 Å². The molecule has 0 spiro atoms. The van der Waals surface area contributed by atoms with Crippen LogP contribution in [0.4, 0.5) is 14.5 Å². The molecule has 0 unspecified atom stereocenters. The fourth-order valence-corrected chi connectivity index (χ4v) is 6.65. The third-order valence-electron chi connectivity index (χ3n) is 6.62. The summed E-state index contributed by atoms with van der Waals surface area (Å²) in [7, 11) is -2.45. The molecule has 2 aliphatic rings. The first-order valence-corrected chi connectivity index (χ1v) is 14.2. The predicted molar refractivity (Wildman–Crippen MR) is 134 cm³/mol. The molecule has 202 valence electrons. The molecular weight excluding hydrogens is 528 g/mol. The van der Waals surface area contributed by atoms with Gasteiger partial charge < -0.3 is 14.7 Å². The zero-order valence-electron chi connectivity index (χ0n) is 20.7. The minimum Gasteiger partial charge on any atom is -0.479 e. The molecule has 0 bridgehead atoms. The van der Waals surface area contributed by atoms with Crippen LogP contribution in [-0.2, 0) is 10.0 Å². The number of hydrogen-bond donors (Lipinski definition) is 2. The van der Waals surface area contributed by atoms with E-state index in [0.29, 0.717) is 60.7 Å². The molecule has 1 aromatic carbocycles. The van der Waals surface area contributed by atoms with E-state index < -0.39 is 33.1 Å². The van der Waals surface area contributed by atoms with Crippen molar-refractivity contribution in [1.29, 1.82) is 0 Å². The first kappa shape index (κ1) is 26.2. The Bertz CT molecular complexity index is 1400. The number of fused-ring (bicyclic) bond motifs is 1. The van der Waals surface area contributed by atoms with Gasteiger partial charge in [-0.15, -0.1) is 15.3 Å². The van der Waals surface area contributed by atoms with E-state index >= 15 is 0 Å². The highest BCUT2D eigenvalue weighted by Crippen LogP contribution is 2.41. The van der Waals surface area contributed by atoms with Gasteiger partial charge in [-0.25, -0.2) is 26.6 Å². The summed E-state index contributed by atoms with van der Waals surface area (Å²) in [5.41, 5.74) is 0.487. The summed E-state index contributed by atoms with van der Waals surface area (Å²) in [6.07, 6.45) is -1.74. The maximum absolute atomic E-state index is 13.4. The van der Waals surface area contributed by atoms with Gasteiger partial charge in [-0.05, 0) is 38.8 Å². The second kappa shape index (κ2) is 9.69. The summed E-state index contributed by atoms with van der Waals surface area (Å²) in [6, 6.07) is 3.08. The van der Waals surface area contributed by atoms with Gasteiger partial charge in [0.15, 0.2) is 5.01 Å². The number of aliphatic hydroxyl groups is 1. The molecule has 11 nitrogen and oxygen atoms in total. The molecular formula is C22H29F2N7O4S2. The normalized spacial score (nSPS) is 19.1. The summed E-state index contributed by atoms with van der Waals surface area (Å²) < 4.78 is 62.9. The van der Waals surface area contributed by atoms with Crippen LogP contribution in [0, 0.1) is 0 Å². The fourth-order valence-electron chi connectivity index (χ4n) is 4.48. The fraction of sp³-hybridized carbons (Fsp3) is 0.591. The highest BCUT2D eigenvalue weighted by atomic mass is 32.2. The Kier molecular flexibility index (Phi) is 6.85. The molecule has 2 fully saturated rings. The number of anilines is 1. The van der Waals surface area contributed by atoms with Gasteiger partial charge in [0.25, 0.3) is 6.43 Å². The van der Waals surface area contributed by atoms with Crippen LogP contribution in [-0.4, -0.2) is 89.9 Å². The van der Waals surface area contributed by atoms with E-state index in [1.807, 2.05) is 6.92 Å². The molecule has 1 saturated carbocycles. The number of aromatic nitrogens is 4. The Hall–Kier alpha value is -2.46. The Labute approximate surface area is 217 Å². The third kappa shape index (κ3) is 5.27. The molecule has 15 heteroatoms. The summed E-state index contributed by atoms with van der Waals surface area (Å²) >= 11 is 0.677. The average molecular weight is 558 g/mol. The lowest BCUT2D eigenvalue weighted by molar-refractivity contribution is 0.123. The number of nitrogens with one attached hydrogen (secondary N) is 1. The number of ether oxygens (including phenoxy) is 1. The minimum atomic E-state index is -3.89. The number of halogens is 2. The molecule has 0 radical (unpaired) electrons. The average Bonchev–Trinajstić information content (AvgIpc) is 3.23. The lowest BCUT2D eigenvalue weighted by atomic mass is 10.1. The molecule has 0 amide bonds. The van der Waals surface area contributed by atoms with Crippen molar-refractivity contribution < 1.29 is 27.0 Å². The number of methoxy groups -OCH3 is 1. The van der Waals surface area contributed by atoms with E-state index in [2.05, 4.69) is 29.8 Å². The summed E-state index contributed by atoms with van der Waals surface area (Å²) in [4.78, 5) is 4.23. The maximum Gasteiger partial charge on any atom is 0.291 e. The zero-order chi connectivity index (χ0) is 26.5. The van der Waals surface area contributed by atoms with Crippen molar-refractivity contribution in [3.63, 3.8) is 0 Å². The summed E-state index contributed by atoms with van der Waals surface area (Å²) in [5, 5.41) is 21.8. The van der Waals surface area contributed by atoms with Crippen molar-refractivity contribution in [1.82, 2.24) is 29.6 Å². The van der Waals surface area contributed by atoms with E-state index in [9.17, 15) is 22.3 Å². The standard InChI is InChI=1S/C22H29F2N7O4S2/c1-13(32)12-29-6-8-30(9-7-29)15-10-14(37(33,34)28-22(2)4-5-22)11-16-17(15)19(35-3)27-31(16)21-26-25-20(36-21)18(23)24/h10-11,13,18,28,32H,4-9,12H2,1-3H3/t13-/m0/s1. The number of β-amino-alcohol motifs (C(OH)–C–C–N with tert-alkyl or cyclic N) is 1. The van der Waals surface area contributed by atoms with Crippen LogP contribution < -0.4 is 14.4 Å². The van der Waals surface area contributed by atoms with E-state index in [-0.39, 0.29) is 15.9 Å². The van der Waals surface area contributed by atoms with Gasteiger partial charge in [0.2, 0.25) is 21.0 Å². The number of rotatable bonds is 9. The lowest BCUT2D eigenvalue weighted by Gasteiger charge is -2.37. The van der Waals surface area contributed by atoms with Crippen LogP contribution in [0.15, 0.2) is 17.0 Å². The number of aliphatic hydroxyl groups excluding tert-OH is 1. The topological polar surface area (TPSA) is 126 Å². The number of benzene rings is 1. The predicted octanol–water partition coefficient (Wildman–Crippen LogP) is 2.16. The van der Waals surface area contributed by atoms with E-state index in [1.165, 1.54) is 17.9 Å². The van der Waals surface area contributed by atoms with Gasteiger partial charge in [0.05, 0.1) is 34.7 Å². The number of nitrogens with zero attached hydrogens (tertiary/aromatic N) is 6. The number of alkyl halides is 2. The molecule has 5 rings (SSSR count). The van der Waals surface area contributed by atoms with E-state index in [4.69, 9.17) is 4.74 Å². The van der Waals surface area contributed by atoms with E-state index in [0.717, 1.165) is 12.8 Å². The van der Waals surface area contributed by atoms with Gasteiger partial charge in [0, 0.05) is 38.3 Å². The monoisotopic (exact) mass is 557 g/mol. The quantitative estimate of drug-likeness (QED) is 0.407. The maximum atomic E-state index is 13.4. The highest BCUT2D eigenvalue weighted by Gasteiger charge is 2.41. The van der Waals surface area contributed by atoms with Crippen molar-refractivity contribution >= 4 is 38.0 Å². The van der Waals surface area contributed by atoms with E-state index in [1.54, 1.807) is 13.0 Å². The van der Waals surface area contributed by atoms with Crippen molar-refractivity contribution in [2.45, 2.75) is 49.7 Å². The van der Waals surface area contributed by atoms with Crippen LogP contribution in [0.5, 0.6) is 5.88 Å². The van der Waals surface area contributed by atoms with Gasteiger partial charge in [-0.2, -0.15) is 0 Å².